The van der Waals surface area contributed by atoms with Gasteiger partial charge in [-0.05, 0) is 39.7 Å². The van der Waals surface area contributed by atoms with Gasteiger partial charge in [0.25, 0.3) is 5.91 Å². The van der Waals surface area contributed by atoms with Crippen LogP contribution < -0.4 is 16.4 Å². The number of nitrogens with two attached hydrogens (primary N) is 1. The van der Waals surface area contributed by atoms with Crippen LogP contribution in [0.5, 0.6) is 0 Å². The molecule has 0 aliphatic heterocycles. The van der Waals surface area contributed by atoms with E-state index in [1.807, 2.05) is 26.8 Å². The maximum absolute atomic E-state index is 11.7. The summed E-state index contributed by atoms with van der Waals surface area (Å²) in [6, 6.07) is 1.82. The number of thiophene rings is 1. The number of anilines is 2. The molecule has 1 heterocycles. The van der Waals surface area contributed by atoms with Crippen molar-refractivity contribution >= 4 is 27.9 Å². The van der Waals surface area contributed by atoms with E-state index in [-0.39, 0.29) is 5.91 Å². The second-order valence-electron chi connectivity index (χ2n) is 4.81. The van der Waals surface area contributed by atoms with E-state index in [1.165, 1.54) is 11.3 Å². The van der Waals surface area contributed by atoms with Gasteiger partial charge in [0, 0.05) is 19.7 Å². The molecule has 0 spiro atoms. The first kappa shape index (κ1) is 16.8. The number of hydrogen-bond donors (Lipinski definition) is 3. The summed E-state index contributed by atoms with van der Waals surface area (Å²) in [4.78, 5) is 12.3. The standard InChI is InChI=1S/C14H25N3O2S/c1-4-16-14(18)13-11(15)9-12(20-13)17-7-5-6-8-19-10(2)3/h9-10,17H,4-8,15H2,1-3H3,(H,16,18). The van der Waals surface area contributed by atoms with Gasteiger partial charge in [0.15, 0.2) is 0 Å². The first-order chi connectivity index (χ1) is 9.54. The van der Waals surface area contributed by atoms with Crippen molar-refractivity contribution in [2.75, 3.05) is 30.7 Å². The van der Waals surface area contributed by atoms with Gasteiger partial charge in [-0.1, -0.05) is 0 Å². The van der Waals surface area contributed by atoms with Crippen molar-refractivity contribution in [1.82, 2.24) is 5.32 Å². The Morgan fingerprint density at radius 2 is 2.20 bits per heavy atom. The maximum Gasteiger partial charge on any atom is 0.263 e. The highest BCUT2D eigenvalue weighted by Crippen LogP contribution is 2.29. The minimum atomic E-state index is -0.103. The molecule has 0 aliphatic rings. The van der Waals surface area contributed by atoms with Crippen molar-refractivity contribution in [3.8, 4) is 0 Å². The van der Waals surface area contributed by atoms with E-state index in [0.29, 0.717) is 23.2 Å². The van der Waals surface area contributed by atoms with Crippen molar-refractivity contribution in [3.63, 3.8) is 0 Å². The predicted octanol–water partition coefficient (Wildman–Crippen LogP) is 2.70. The van der Waals surface area contributed by atoms with Crippen LogP contribution in [0.4, 0.5) is 10.7 Å². The predicted molar refractivity (Wildman–Crippen MR) is 85.6 cm³/mol. The molecule has 1 aromatic heterocycles. The zero-order valence-electron chi connectivity index (χ0n) is 12.5. The van der Waals surface area contributed by atoms with Crippen molar-refractivity contribution in [1.29, 1.82) is 0 Å². The van der Waals surface area contributed by atoms with Crippen molar-refractivity contribution in [2.24, 2.45) is 0 Å². The highest BCUT2D eigenvalue weighted by Gasteiger charge is 2.13. The average molecular weight is 299 g/mol. The van der Waals surface area contributed by atoms with E-state index in [1.54, 1.807) is 0 Å². The van der Waals surface area contributed by atoms with Crippen molar-refractivity contribution in [2.45, 2.75) is 39.7 Å². The number of amides is 1. The zero-order chi connectivity index (χ0) is 15.0. The molecule has 114 valence electrons. The van der Waals surface area contributed by atoms with E-state index in [2.05, 4.69) is 10.6 Å². The summed E-state index contributed by atoms with van der Waals surface area (Å²) in [5.74, 6) is -0.103. The number of ether oxygens (including phenoxy) is 1. The van der Waals surface area contributed by atoms with Crippen LogP contribution in [0.25, 0.3) is 0 Å². The van der Waals surface area contributed by atoms with Gasteiger partial charge in [0.2, 0.25) is 0 Å². The smallest absolute Gasteiger partial charge is 0.263 e. The van der Waals surface area contributed by atoms with Gasteiger partial charge >= 0.3 is 0 Å². The number of rotatable bonds is 9. The number of nitrogens with one attached hydrogen (secondary N) is 2. The number of carbonyl (C=O) groups is 1. The second-order valence-corrected chi connectivity index (χ2v) is 5.86. The van der Waals surface area contributed by atoms with Crippen LogP contribution in [0.2, 0.25) is 0 Å². The second kappa shape index (κ2) is 8.81. The van der Waals surface area contributed by atoms with Crippen molar-refractivity contribution in [3.05, 3.63) is 10.9 Å². The summed E-state index contributed by atoms with van der Waals surface area (Å²) in [5.41, 5.74) is 6.38. The van der Waals surface area contributed by atoms with Crippen LogP contribution in [-0.2, 0) is 4.74 Å². The lowest BCUT2D eigenvalue weighted by atomic mass is 10.3. The number of hydrogen-bond acceptors (Lipinski definition) is 5. The molecule has 5 nitrogen and oxygen atoms in total. The van der Waals surface area contributed by atoms with Crippen molar-refractivity contribution < 1.29 is 9.53 Å². The van der Waals surface area contributed by atoms with Gasteiger partial charge in [-0.25, -0.2) is 0 Å². The molecule has 6 heteroatoms. The lowest BCUT2D eigenvalue weighted by Crippen LogP contribution is -2.22. The van der Waals surface area contributed by atoms with Crippen LogP contribution in [0.15, 0.2) is 6.07 Å². The molecule has 20 heavy (non-hydrogen) atoms. The Bertz CT molecular complexity index is 419. The third-order valence-corrected chi connectivity index (χ3v) is 3.73. The Balaban J connectivity index is 2.31. The topological polar surface area (TPSA) is 76.4 Å². The van der Waals surface area contributed by atoms with Gasteiger partial charge < -0.3 is 21.1 Å². The molecular formula is C14H25N3O2S. The molecule has 0 unspecified atom stereocenters. The Morgan fingerprint density at radius 3 is 2.85 bits per heavy atom. The molecule has 4 N–H and O–H groups in total. The Kier molecular flexibility index (Phi) is 7.40. The van der Waals surface area contributed by atoms with E-state index in [9.17, 15) is 4.79 Å². The fourth-order valence-electron chi connectivity index (χ4n) is 1.67. The van der Waals surface area contributed by atoms with Gasteiger partial charge in [0.05, 0.1) is 16.8 Å². The lowest BCUT2D eigenvalue weighted by Gasteiger charge is -2.07. The Morgan fingerprint density at radius 1 is 1.45 bits per heavy atom. The highest BCUT2D eigenvalue weighted by atomic mass is 32.1. The van der Waals surface area contributed by atoms with Crippen LogP contribution in [0.1, 0.15) is 43.3 Å². The molecule has 0 bridgehead atoms. The fourth-order valence-corrected chi connectivity index (χ4v) is 2.59. The minimum Gasteiger partial charge on any atom is -0.397 e. The van der Waals surface area contributed by atoms with Gasteiger partial charge in [-0.3, -0.25) is 4.79 Å². The van der Waals surface area contributed by atoms with E-state index >= 15 is 0 Å². The fraction of sp³-hybridized carbons (Fsp3) is 0.643. The molecule has 0 atom stereocenters. The van der Waals surface area contributed by atoms with Gasteiger partial charge in [-0.2, -0.15) is 0 Å². The monoisotopic (exact) mass is 299 g/mol. The van der Waals surface area contributed by atoms with Crippen LogP contribution >= 0.6 is 11.3 Å². The highest BCUT2D eigenvalue weighted by molar-refractivity contribution is 7.18. The van der Waals surface area contributed by atoms with Gasteiger partial charge in [0.1, 0.15) is 4.88 Å². The third-order valence-electron chi connectivity index (χ3n) is 2.63. The molecule has 0 fully saturated rings. The largest absolute Gasteiger partial charge is 0.397 e. The number of nitrogen functional groups attached to an aromatic ring is 1. The Hall–Kier alpha value is -1.27. The van der Waals surface area contributed by atoms with Crippen LogP contribution in [0.3, 0.4) is 0 Å². The molecule has 1 aromatic rings. The Labute approximate surface area is 124 Å². The summed E-state index contributed by atoms with van der Waals surface area (Å²) in [6.45, 7) is 8.21. The van der Waals surface area contributed by atoms with Gasteiger partial charge in [-0.15, -0.1) is 11.3 Å². The lowest BCUT2D eigenvalue weighted by molar-refractivity contribution is 0.0765. The summed E-state index contributed by atoms with van der Waals surface area (Å²) >= 11 is 1.40. The molecule has 1 rings (SSSR count). The molecule has 0 saturated carbocycles. The molecule has 0 saturated heterocycles. The summed E-state index contributed by atoms with van der Waals surface area (Å²) in [5, 5.41) is 6.99. The zero-order valence-corrected chi connectivity index (χ0v) is 13.3. The van der Waals surface area contributed by atoms with Crippen LogP contribution in [0, 0.1) is 0 Å². The molecular weight excluding hydrogens is 274 g/mol. The summed E-state index contributed by atoms with van der Waals surface area (Å²) in [7, 11) is 0. The molecule has 0 radical (unpaired) electrons. The number of unbranched alkanes of at least 4 members (excludes halogenated alkanes) is 1. The van der Waals surface area contributed by atoms with E-state index in [0.717, 1.165) is 31.0 Å². The summed E-state index contributed by atoms with van der Waals surface area (Å²) in [6.07, 6.45) is 2.34. The minimum absolute atomic E-state index is 0.103. The number of carbonyl (C=O) groups excluding carboxylic acids is 1. The molecule has 1 amide bonds. The SMILES string of the molecule is CCNC(=O)c1sc(NCCCCOC(C)C)cc1N. The van der Waals surface area contributed by atoms with Crippen LogP contribution in [-0.4, -0.2) is 31.7 Å². The first-order valence-electron chi connectivity index (χ1n) is 7.07. The maximum atomic E-state index is 11.7. The summed E-state index contributed by atoms with van der Waals surface area (Å²) < 4.78 is 5.48. The molecule has 0 aromatic carbocycles. The normalized spacial score (nSPS) is 10.8. The first-order valence-corrected chi connectivity index (χ1v) is 7.89. The average Bonchev–Trinajstić information content (AvgIpc) is 2.75. The third kappa shape index (κ3) is 5.79. The van der Waals surface area contributed by atoms with E-state index in [4.69, 9.17) is 10.5 Å². The van der Waals surface area contributed by atoms with E-state index < -0.39 is 0 Å². The molecule has 0 aliphatic carbocycles. The quantitative estimate of drug-likeness (QED) is 0.613.